The maximum Gasteiger partial charge on any atom is 0.175 e. The van der Waals surface area contributed by atoms with Gasteiger partial charge in [-0.1, -0.05) is 36.4 Å². The molecule has 0 atom stereocenters. The SMILES string of the molecule is C=CCOc1cccc(NC(=S)Nc2ccc(C)cc2)c1. The zero-order chi connectivity index (χ0) is 15.1. The van der Waals surface area contributed by atoms with Gasteiger partial charge in [-0.15, -0.1) is 0 Å². The van der Waals surface area contributed by atoms with Crippen LogP contribution in [-0.4, -0.2) is 11.7 Å². The maximum absolute atomic E-state index is 5.49. The highest BCUT2D eigenvalue weighted by atomic mass is 32.1. The third-order valence-electron chi connectivity index (χ3n) is 2.77. The summed E-state index contributed by atoms with van der Waals surface area (Å²) in [5.41, 5.74) is 3.05. The third kappa shape index (κ3) is 4.93. The minimum Gasteiger partial charge on any atom is -0.489 e. The lowest BCUT2D eigenvalue weighted by molar-refractivity contribution is 0.363. The van der Waals surface area contributed by atoms with Crippen LogP contribution in [0.5, 0.6) is 5.75 Å². The molecule has 0 spiro atoms. The minimum atomic E-state index is 0.482. The Morgan fingerprint density at radius 1 is 1.14 bits per heavy atom. The molecule has 2 N–H and O–H groups in total. The summed E-state index contributed by atoms with van der Waals surface area (Å²) in [6, 6.07) is 15.7. The van der Waals surface area contributed by atoms with Crippen LogP contribution in [0.25, 0.3) is 0 Å². The molecule has 0 aliphatic rings. The minimum absolute atomic E-state index is 0.482. The Hall–Kier alpha value is -2.33. The van der Waals surface area contributed by atoms with Crippen LogP contribution in [-0.2, 0) is 0 Å². The van der Waals surface area contributed by atoms with Crippen molar-refractivity contribution in [3.05, 3.63) is 66.7 Å². The molecule has 3 nitrogen and oxygen atoms in total. The number of hydrogen-bond donors (Lipinski definition) is 2. The van der Waals surface area contributed by atoms with E-state index in [0.29, 0.717) is 11.7 Å². The van der Waals surface area contributed by atoms with E-state index in [1.807, 2.05) is 48.5 Å². The zero-order valence-electron chi connectivity index (χ0n) is 11.9. The summed E-state index contributed by atoms with van der Waals surface area (Å²) in [7, 11) is 0. The topological polar surface area (TPSA) is 33.3 Å². The van der Waals surface area contributed by atoms with Crippen LogP contribution in [0.4, 0.5) is 11.4 Å². The molecule has 0 radical (unpaired) electrons. The Bertz CT molecular complexity index is 623. The number of ether oxygens (including phenoxy) is 1. The molecule has 0 heterocycles. The van der Waals surface area contributed by atoms with E-state index in [1.54, 1.807) is 6.08 Å². The quantitative estimate of drug-likeness (QED) is 0.634. The number of nitrogens with one attached hydrogen (secondary N) is 2. The van der Waals surface area contributed by atoms with Gasteiger partial charge in [0.25, 0.3) is 0 Å². The summed E-state index contributed by atoms with van der Waals surface area (Å²) in [5, 5.41) is 6.82. The predicted molar refractivity (Wildman–Crippen MR) is 93.2 cm³/mol. The number of benzene rings is 2. The molecule has 2 aromatic carbocycles. The van der Waals surface area contributed by atoms with E-state index in [9.17, 15) is 0 Å². The summed E-state index contributed by atoms with van der Waals surface area (Å²) < 4.78 is 5.49. The largest absolute Gasteiger partial charge is 0.489 e. The van der Waals surface area contributed by atoms with Crippen LogP contribution in [0.2, 0.25) is 0 Å². The summed E-state index contributed by atoms with van der Waals surface area (Å²) in [6.45, 7) is 6.16. The van der Waals surface area contributed by atoms with Crippen LogP contribution < -0.4 is 15.4 Å². The summed E-state index contributed by atoms with van der Waals surface area (Å²) in [4.78, 5) is 0. The van der Waals surface area contributed by atoms with Gasteiger partial charge in [0, 0.05) is 17.4 Å². The molecule has 108 valence electrons. The number of aryl methyl sites for hydroxylation is 1. The van der Waals surface area contributed by atoms with E-state index in [4.69, 9.17) is 17.0 Å². The van der Waals surface area contributed by atoms with Gasteiger partial charge in [0.15, 0.2) is 5.11 Å². The molecule has 0 bridgehead atoms. The molecule has 0 aromatic heterocycles. The fourth-order valence-electron chi connectivity index (χ4n) is 1.75. The Kier molecular flexibility index (Phi) is 5.35. The van der Waals surface area contributed by atoms with Crippen molar-refractivity contribution in [2.75, 3.05) is 17.2 Å². The van der Waals surface area contributed by atoms with Gasteiger partial charge in [-0.05, 0) is 43.4 Å². The monoisotopic (exact) mass is 298 g/mol. The zero-order valence-corrected chi connectivity index (χ0v) is 12.7. The van der Waals surface area contributed by atoms with Gasteiger partial charge in [0.2, 0.25) is 0 Å². The summed E-state index contributed by atoms with van der Waals surface area (Å²) in [5.74, 6) is 0.776. The van der Waals surface area contributed by atoms with Crippen molar-refractivity contribution < 1.29 is 4.74 Å². The Morgan fingerprint density at radius 2 is 1.86 bits per heavy atom. The van der Waals surface area contributed by atoms with E-state index >= 15 is 0 Å². The number of rotatable bonds is 5. The van der Waals surface area contributed by atoms with Crippen LogP contribution in [0.1, 0.15) is 5.56 Å². The lowest BCUT2D eigenvalue weighted by Gasteiger charge is -2.12. The first-order valence-corrected chi connectivity index (χ1v) is 7.06. The highest BCUT2D eigenvalue weighted by Gasteiger charge is 2.00. The van der Waals surface area contributed by atoms with Crippen LogP contribution >= 0.6 is 12.2 Å². The second-order valence-corrected chi connectivity index (χ2v) is 4.98. The molecule has 0 aliphatic carbocycles. The fraction of sp³-hybridized carbons (Fsp3) is 0.118. The highest BCUT2D eigenvalue weighted by molar-refractivity contribution is 7.80. The van der Waals surface area contributed by atoms with E-state index in [2.05, 4.69) is 24.1 Å². The molecule has 0 unspecified atom stereocenters. The Morgan fingerprint density at radius 3 is 2.57 bits per heavy atom. The van der Waals surface area contributed by atoms with E-state index in [-0.39, 0.29) is 0 Å². The van der Waals surface area contributed by atoms with Crippen molar-refractivity contribution in [3.8, 4) is 5.75 Å². The molecule has 4 heteroatoms. The first-order valence-electron chi connectivity index (χ1n) is 6.66. The molecule has 0 aliphatic heterocycles. The van der Waals surface area contributed by atoms with Crippen LogP contribution in [0.3, 0.4) is 0 Å². The number of thiocarbonyl (C=S) groups is 1. The molecular weight excluding hydrogens is 280 g/mol. The second-order valence-electron chi connectivity index (χ2n) is 4.57. The molecular formula is C17H18N2OS. The second kappa shape index (κ2) is 7.45. The summed E-state index contributed by atoms with van der Waals surface area (Å²) >= 11 is 5.30. The molecule has 0 saturated heterocycles. The van der Waals surface area contributed by atoms with Crippen molar-refractivity contribution in [1.82, 2.24) is 0 Å². The van der Waals surface area contributed by atoms with Crippen molar-refractivity contribution in [1.29, 1.82) is 0 Å². The smallest absolute Gasteiger partial charge is 0.175 e. The average molecular weight is 298 g/mol. The van der Waals surface area contributed by atoms with Gasteiger partial charge in [-0.25, -0.2) is 0 Å². The van der Waals surface area contributed by atoms with Crippen molar-refractivity contribution in [3.63, 3.8) is 0 Å². The van der Waals surface area contributed by atoms with Crippen molar-refractivity contribution in [2.24, 2.45) is 0 Å². The van der Waals surface area contributed by atoms with Gasteiger partial charge in [0.05, 0.1) is 0 Å². The highest BCUT2D eigenvalue weighted by Crippen LogP contribution is 2.18. The van der Waals surface area contributed by atoms with E-state index in [0.717, 1.165) is 17.1 Å². The first-order chi connectivity index (χ1) is 10.2. The molecule has 2 aromatic rings. The van der Waals surface area contributed by atoms with Gasteiger partial charge in [-0.2, -0.15) is 0 Å². The summed E-state index contributed by atoms with van der Waals surface area (Å²) in [6.07, 6.45) is 1.71. The van der Waals surface area contributed by atoms with E-state index < -0.39 is 0 Å². The van der Waals surface area contributed by atoms with Gasteiger partial charge < -0.3 is 15.4 Å². The Labute approximate surface area is 130 Å². The van der Waals surface area contributed by atoms with Gasteiger partial charge in [-0.3, -0.25) is 0 Å². The third-order valence-corrected chi connectivity index (χ3v) is 2.97. The molecule has 0 fully saturated rings. The van der Waals surface area contributed by atoms with E-state index in [1.165, 1.54) is 5.56 Å². The first kappa shape index (κ1) is 15.1. The van der Waals surface area contributed by atoms with Crippen molar-refractivity contribution >= 4 is 28.7 Å². The molecule has 0 saturated carbocycles. The fourth-order valence-corrected chi connectivity index (χ4v) is 1.98. The van der Waals surface area contributed by atoms with Gasteiger partial charge in [0.1, 0.15) is 12.4 Å². The molecule has 2 rings (SSSR count). The Balaban J connectivity index is 1.95. The number of hydrogen-bond acceptors (Lipinski definition) is 2. The number of anilines is 2. The van der Waals surface area contributed by atoms with Crippen LogP contribution in [0.15, 0.2) is 61.2 Å². The maximum atomic E-state index is 5.49. The average Bonchev–Trinajstić information content (AvgIpc) is 2.48. The standard InChI is InChI=1S/C17H18N2OS/c1-3-11-20-16-6-4-5-15(12-16)19-17(21)18-14-9-7-13(2)8-10-14/h3-10,12H,1,11H2,2H3,(H2,18,19,21). The lowest BCUT2D eigenvalue weighted by atomic mass is 10.2. The predicted octanol–water partition coefficient (Wildman–Crippen LogP) is 4.37. The lowest BCUT2D eigenvalue weighted by Crippen LogP contribution is -2.19. The normalized spacial score (nSPS) is 9.76. The van der Waals surface area contributed by atoms with Gasteiger partial charge >= 0.3 is 0 Å². The molecule has 21 heavy (non-hydrogen) atoms. The van der Waals surface area contributed by atoms with Crippen molar-refractivity contribution in [2.45, 2.75) is 6.92 Å². The van der Waals surface area contributed by atoms with Crippen LogP contribution in [0, 0.1) is 6.92 Å². The molecule has 0 amide bonds.